The van der Waals surface area contributed by atoms with Crippen LogP contribution in [0.3, 0.4) is 0 Å². The molecule has 4 nitrogen and oxygen atoms in total. The van der Waals surface area contributed by atoms with Crippen molar-refractivity contribution in [2.75, 3.05) is 7.11 Å². The Hall–Kier alpha value is -1.55. The van der Waals surface area contributed by atoms with Gasteiger partial charge < -0.3 is 15.6 Å². The first-order valence-corrected chi connectivity index (χ1v) is 5.91. The molecule has 0 saturated carbocycles. The summed E-state index contributed by atoms with van der Waals surface area (Å²) in [5, 5.41) is 9.13. The molecule has 0 bridgehead atoms. The number of hydrogen-bond acceptors (Lipinski definition) is 3. The lowest BCUT2D eigenvalue weighted by atomic mass is 9.83. The van der Waals surface area contributed by atoms with Crippen LogP contribution >= 0.6 is 0 Å². The predicted octanol–water partition coefficient (Wildman–Crippen LogP) is 2.50. The molecule has 0 heterocycles. The van der Waals surface area contributed by atoms with E-state index in [-0.39, 0.29) is 6.04 Å². The topological polar surface area (TPSA) is 72.5 Å². The van der Waals surface area contributed by atoms with Crippen LogP contribution in [0.15, 0.2) is 18.2 Å². The maximum Gasteiger partial charge on any atom is 0.309 e. The second-order valence-corrected chi connectivity index (χ2v) is 5.25. The zero-order valence-corrected chi connectivity index (χ0v) is 11.4. The highest BCUT2D eigenvalue weighted by Gasteiger charge is 2.30. The van der Waals surface area contributed by atoms with Gasteiger partial charge >= 0.3 is 5.97 Å². The highest BCUT2D eigenvalue weighted by atomic mass is 16.5. The quantitative estimate of drug-likeness (QED) is 0.843. The first-order chi connectivity index (χ1) is 8.27. The Bertz CT molecular complexity index is 441. The van der Waals surface area contributed by atoms with E-state index in [1.807, 2.05) is 25.1 Å². The number of benzene rings is 1. The van der Waals surface area contributed by atoms with Gasteiger partial charge in [-0.25, -0.2) is 0 Å². The Morgan fingerprint density at radius 3 is 2.61 bits per heavy atom. The Morgan fingerprint density at radius 1 is 1.50 bits per heavy atom. The van der Waals surface area contributed by atoms with E-state index in [0.29, 0.717) is 12.2 Å². The van der Waals surface area contributed by atoms with Crippen molar-refractivity contribution in [1.29, 1.82) is 0 Å². The molecule has 100 valence electrons. The molecule has 0 aliphatic carbocycles. The summed E-state index contributed by atoms with van der Waals surface area (Å²) in [5.74, 6) is -0.140. The maximum atomic E-state index is 11.1. The van der Waals surface area contributed by atoms with Crippen molar-refractivity contribution in [2.24, 2.45) is 11.1 Å². The van der Waals surface area contributed by atoms with Crippen molar-refractivity contribution in [2.45, 2.75) is 33.2 Å². The van der Waals surface area contributed by atoms with Crippen LogP contribution in [-0.2, 0) is 4.79 Å². The minimum Gasteiger partial charge on any atom is -0.496 e. The van der Waals surface area contributed by atoms with E-state index in [2.05, 4.69) is 0 Å². The second kappa shape index (κ2) is 5.40. The molecule has 4 heteroatoms. The van der Waals surface area contributed by atoms with E-state index in [4.69, 9.17) is 15.6 Å². The standard InChI is InChI=1S/C14H21NO3/c1-9-5-6-12(18-4)10(7-9)11(15)8-14(2,3)13(16)17/h5-7,11H,8,15H2,1-4H3,(H,16,17). The van der Waals surface area contributed by atoms with Gasteiger partial charge in [-0.2, -0.15) is 0 Å². The van der Waals surface area contributed by atoms with E-state index >= 15 is 0 Å². The fraction of sp³-hybridized carbons (Fsp3) is 0.500. The third-order valence-electron chi connectivity index (χ3n) is 3.09. The van der Waals surface area contributed by atoms with Gasteiger partial charge in [-0.15, -0.1) is 0 Å². The van der Waals surface area contributed by atoms with E-state index in [1.165, 1.54) is 0 Å². The number of methoxy groups -OCH3 is 1. The number of hydrogen-bond donors (Lipinski definition) is 2. The van der Waals surface area contributed by atoms with Crippen molar-refractivity contribution in [3.8, 4) is 5.75 Å². The summed E-state index contributed by atoms with van der Waals surface area (Å²) in [7, 11) is 1.59. The van der Waals surface area contributed by atoms with Gasteiger partial charge in [-0.3, -0.25) is 4.79 Å². The smallest absolute Gasteiger partial charge is 0.309 e. The summed E-state index contributed by atoms with van der Waals surface area (Å²) in [5.41, 5.74) is 7.20. The minimum absolute atomic E-state index is 0.356. The number of aliphatic carboxylic acids is 1. The number of ether oxygens (including phenoxy) is 1. The lowest BCUT2D eigenvalue weighted by Gasteiger charge is -2.25. The van der Waals surface area contributed by atoms with Crippen LogP contribution in [-0.4, -0.2) is 18.2 Å². The van der Waals surface area contributed by atoms with Gasteiger partial charge in [0.2, 0.25) is 0 Å². The van der Waals surface area contributed by atoms with Gasteiger partial charge in [0, 0.05) is 11.6 Å². The summed E-state index contributed by atoms with van der Waals surface area (Å²) in [6, 6.07) is 5.39. The Labute approximate surface area is 108 Å². The van der Waals surface area contributed by atoms with E-state index in [0.717, 1.165) is 11.1 Å². The predicted molar refractivity (Wildman–Crippen MR) is 70.7 cm³/mol. The van der Waals surface area contributed by atoms with E-state index < -0.39 is 11.4 Å². The van der Waals surface area contributed by atoms with Gasteiger partial charge in [0.25, 0.3) is 0 Å². The van der Waals surface area contributed by atoms with Gasteiger partial charge in [0.1, 0.15) is 5.75 Å². The zero-order valence-electron chi connectivity index (χ0n) is 11.4. The monoisotopic (exact) mass is 251 g/mol. The van der Waals surface area contributed by atoms with Gasteiger partial charge in [0.15, 0.2) is 0 Å². The first kappa shape index (κ1) is 14.5. The average Bonchev–Trinajstić information content (AvgIpc) is 2.28. The van der Waals surface area contributed by atoms with Crippen LogP contribution in [0, 0.1) is 12.3 Å². The highest BCUT2D eigenvalue weighted by molar-refractivity contribution is 5.73. The van der Waals surface area contributed by atoms with E-state index in [9.17, 15) is 4.79 Å². The molecule has 0 spiro atoms. The molecule has 1 aromatic carbocycles. The fourth-order valence-corrected chi connectivity index (χ4v) is 1.89. The SMILES string of the molecule is COc1ccc(C)cc1C(N)CC(C)(C)C(=O)O. The molecule has 0 aliphatic rings. The summed E-state index contributed by atoms with van der Waals surface area (Å²) in [6.45, 7) is 5.33. The van der Waals surface area contributed by atoms with Crippen molar-refractivity contribution in [3.05, 3.63) is 29.3 Å². The lowest BCUT2D eigenvalue weighted by Crippen LogP contribution is -2.29. The number of aryl methyl sites for hydroxylation is 1. The first-order valence-electron chi connectivity index (χ1n) is 5.91. The lowest BCUT2D eigenvalue weighted by molar-refractivity contribution is -0.147. The number of nitrogens with two attached hydrogens (primary N) is 1. The Kier molecular flexibility index (Phi) is 4.35. The third-order valence-corrected chi connectivity index (χ3v) is 3.09. The van der Waals surface area contributed by atoms with Crippen LogP contribution in [0.1, 0.15) is 37.4 Å². The van der Waals surface area contributed by atoms with Crippen LogP contribution in [0.2, 0.25) is 0 Å². The van der Waals surface area contributed by atoms with Crippen molar-refractivity contribution < 1.29 is 14.6 Å². The summed E-state index contributed by atoms with van der Waals surface area (Å²) in [6.07, 6.45) is 0.363. The number of carbonyl (C=O) groups is 1. The minimum atomic E-state index is -0.853. The van der Waals surface area contributed by atoms with Crippen molar-refractivity contribution >= 4 is 5.97 Å². The molecule has 1 atom stereocenters. The molecule has 1 aromatic rings. The van der Waals surface area contributed by atoms with E-state index in [1.54, 1.807) is 21.0 Å². The van der Waals surface area contributed by atoms with Gasteiger partial charge in [-0.1, -0.05) is 17.7 Å². The van der Waals surface area contributed by atoms with Crippen LogP contribution in [0.4, 0.5) is 0 Å². The number of carboxylic acids is 1. The molecule has 1 rings (SSSR count). The Balaban J connectivity index is 3.00. The Morgan fingerprint density at radius 2 is 2.11 bits per heavy atom. The molecule has 0 saturated heterocycles. The number of carboxylic acid groups (broad SMARTS) is 1. The third kappa shape index (κ3) is 3.23. The van der Waals surface area contributed by atoms with Crippen molar-refractivity contribution in [1.82, 2.24) is 0 Å². The molecule has 3 N–H and O–H groups in total. The second-order valence-electron chi connectivity index (χ2n) is 5.25. The summed E-state index contributed by atoms with van der Waals surface area (Å²) < 4.78 is 5.27. The molecule has 1 unspecified atom stereocenters. The molecule has 0 radical (unpaired) electrons. The van der Waals surface area contributed by atoms with Crippen molar-refractivity contribution in [3.63, 3.8) is 0 Å². The van der Waals surface area contributed by atoms with Gasteiger partial charge in [0.05, 0.1) is 12.5 Å². The molecule has 0 fully saturated rings. The van der Waals surface area contributed by atoms with Crippen LogP contribution in [0.25, 0.3) is 0 Å². The van der Waals surface area contributed by atoms with Gasteiger partial charge in [-0.05, 0) is 33.3 Å². The summed E-state index contributed by atoms with van der Waals surface area (Å²) in [4.78, 5) is 11.1. The number of rotatable bonds is 5. The summed E-state index contributed by atoms with van der Waals surface area (Å²) >= 11 is 0. The largest absolute Gasteiger partial charge is 0.496 e. The van der Waals surface area contributed by atoms with Crippen LogP contribution in [0.5, 0.6) is 5.75 Å². The average molecular weight is 251 g/mol. The normalized spacial score (nSPS) is 13.2. The maximum absolute atomic E-state index is 11.1. The molecule has 0 aromatic heterocycles. The molecule has 18 heavy (non-hydrogen) atoms. The van der Waals surface area contributed by atoms with Crippen LogP contribution < -0.4 is 10.5 Å². The molecule has 0 amide bonds. The highest BCUT2D eigenvalue weighted by Crippen LogP contribution is 2.33. The molecule has 0 aliphatic heterocycles. The molecular formula is C14H21NO3. The fourth-order valence-electron chi connectivity index (χ4n) is 1.89. The zero-order chi connectivity index (χ0) is 13.9. The molecular weight excluding hydrogens is 230 g/mol.